The van der Waals surface area contributed by atoms with Crippen LogP contribution in [0.25, 0.3) is 0 Å². The molecule has 13 N–H and O–H groups in total. The third-order valence-corrected chi connectivity index (χ3v) is 17.3. The van der Waals surface area contributed by atoms with Gasteiger partial charge in [-0.2, -0.15) is 0 Å². The predicted octanol–water partition coefficient (Wildman–Crippen LogP) is -1.68. The Morgan fingerprint density at radius 1 is 0.758 bits per heavy atom. The molecule has 66 heavy (non-hydrogen) atoms. The highest BCUT2D eigenvalue weighted by Crippen LogP contribution is 2.72. The van der Waals surface area contributed by atoms with Gasteiger partial charge in [0.05, 0.1) is 44.1 Å². The molecular weight excluding hydrogens is 872 g/mol. The van der Waals surface area contributed by atoms with Gasteiger partial charge >= 0.3 is 5.97 Å². The zero-order chi connectivity index (χ0) is 48.4. The van der Waals surface area contributed by atoms with Crippen LogP contribution in [0, 0.1) is 34.0 Å². The fourth-order valence-corrected chi connectivity index (χ4v) is 13.4. The number of hydrogen-bond donors (Lipinski definition) is 13. The Morgan fingerprint density at radius 2 is 1.39 bits per heavy atom. The number of carbonyl (C=O) groups is 1. The number of aliphatic carboxylic acids is 1. The van der Waals surface area contributed by atoms with Gasteiger partial charge in [-0.15, -0.1) is 0 Å². The average Bonchev–Trinajstić information content (AvgIpc) is 3.62. The smallest absolute Gasteiger partial charge is 0.314 e. The van der Waals surface area contributed by atoms with Crippen molar-refractivity contribution in [3.63, 3.8) is 0 Å². The first kappa shape index (κ1) is 52.1. The van der Waals surface area contributed by atoms with Crippen molar-refractivity contribution in [2.24, 2.45) is 34.0 Å². The summed E-state index contributed by atoms with van der Waals surface area (Å²) in [5.74, 6) is -1.74. The molecule has 3 aliphatic heterocycles. The van der Waals surface area contributed by atoms with Gasteiger partial charge in [0.1, 0.15) is 72.7 Å². The number of rotatable bonds is 14. The molecule has 7 rings (SSSR count). The molecule has 7 aliphatic rings. The molecule has 378 valence electrons. The minimum Gasteiger partial charge on any atom is -0.481 e. The maximum Gasteiger partial charge on any atom is 0.314 e. The van der Waals surface area contributed by atoms with Crippen molar-refractivity contribution in [2.75, 3.05) is 26.4 Å². The van der Waals surface area contributed by atoms with Crippen LogP contribution in [0.5, 0.6) is 0 Å². The summed E-state index contributed by atoms with van der Waals surface area (Å²) in [5.41, 5.74) is -1.62. The molecule has 0 bridgehead atoms. The van der Waals surface area contributed by atoms with Crippen molar-refractivity contribution in [3.05, 3.63) is 22.8 Å². The Balaban J connectivity index is 1.10. The van der Waals surface area contributed by atoms with Crippen molar-refractivity contribution < 1.29 is 99.6 Å². The van der Waals surface area contributed by atoms with Crippen LogP contribution in [-0.2, 0) is 33.2 Å². The van der Waals surface area contributed by atoms with Crippen molar-refractivity contribution in [3.8, 4) is 0 Å². The van der Waals surface area contributed by atoms with Crippen molar-refractivity contribution in [1.82, 2.24) is 0 Å². The van der Waals surface area contributed by atoms with Gasteiger partial charge in [-0.3, -0.25) is 4.79 Å². The quantitative estimate of drug-likeness (QED) is 0.0866. The molecule has 3 saturated heterocycles. The van der Waals surface area contributed by atoms with Gasteiger partial charge in [0.25, 0.3) is 0 Å². The van der Waals surface area contributed by atoms with E-state index in [4.69, 9.17) is 28.4 Å². The summed E-state index contributed by atoms with van der Waals surface area (Å²) in [5, 5.41) is 141. The molecule has 0 unspecified atom stereocenters. The maximum absolute atomic E-state index is 13.8. The number of aliphatic hydroxyl groups is 12. The van der Waals surface area contributed by atoms with E-state index in [0.717, 1.165) is 16.7 Å². The van der Waals surface area contributed by atoms with E-state index in [1.807, 2.05) is 33.8 Å². The van der Waals surface area contributed by atoms with Crippen LogP contribution >= 0.6 is 0 Å². The Hall–Kier alpha value is -1.77. The third-order valence-electron chi connectivity index (χ3n) is 17.3. The lowest BCUT2D eigenvalue weighted by Crippen LogP contribution is -2.67. The Bertz CT molecular complexity index is 1780. The molecule has 20 heteroatoms. The molecule has 20 nitrogen and oxygen atoms in total. The zero-order valence-corrected chi connectivity index (χ0v) is 38.4. The van der Waals surface area contributed by atoms with Crippen LogP contribution < -0.4 is 0 Å². The van der Waals surface area contributed by atoms with Crippen LogP contribution in [0.1, 0.15) is 92.4 Å². The first-order valence-electron chi connectivity index (χ1n) is 23.5. The molecule has 4 aliphatic carbocycles. The van der Waals surface area contributed by atoms with E-state index in [2.05, 4.69) is 6.92 Å². The van der Waals surface area contributed by atoms with E-state index in [-0.39, 0.29) is 18.3 Å². The first-order valence-corrected chi connectivity index (χ1v) is 23.5. The van der Waals surface area contributed by atoms with Gasteiger partial charge in [-0.25, -0.2) is 0 Å². The maximum atomic E-state index is 13.8. The van der Waals surface area contributed by atoms with E-state index in [1.54, 1.807) is 0 Å². The molecule has 5 fully saturated rings. The van der Waals surface area contributed by atoms with Gasteiger partial charge in [0.2, 0.25) is 0 Å². The SMILES string of the molecule is CC(C)=CC[C@H](O)[C@@H](C)[C@H]1CC[C@@]2(C(=O)O)C3=C(CC[C@]12C)[C@@]1(C)CC[C@H](O[C@@H]2O[C@H](CO)[C@H](O)[C@H](O)[C@H]2O[C@H]2OC[C@H](O[C@@H]4O[C@H](CO)[C@H](O)[C@H](O)[C@H]4O)[C@H](O)[C@H]2O)[C@@](O)(CO)[C@@H]1CC3. The molecule has 0 radical (unpaired) electrons. The molecular formula is C46H74O20. The van der Waals surface area contributed by atoms with Gasteiger partial charge < -0.3 is 94.8 Å². The van der Waals surface area contributed by atoms with E-state index >= 15 is 0 Å². The summed E-state index contributed by atoms with van der Waals surface area (Å²) in [4.78, 5) is 13.8. The van der Waals surface area contributed by atoms with E-state index < -0.39 is 158 Å². The molecule has 23 atom stereocenters. The summed E-state index contributed by atoms with van der Waals surface area (Å²) in [7, 11) is 0. The zero-order valence-electron chi connectivity index (χ0n) is 38.4. The van der Waals surface area contributed by atoms with Crippen molar-refractivity contribution in [2.45, 2.75) is 196 Å². The number of carboxylic acid groups (broad SMARTS) is 1. The van der Waals surface area contributed by atoms with Crippen LogP contribution in [-0.4, -0.2) is 203 Å². The minimum absolute atomic E-state index is 0.0517. The molecule has 0 aromatic carbocycles. The van der Waals surface area contributed by atoms with Crippen molar-refractivity contribution >= 4 is 5.97 Å². The first-order chi connectivity index (χ1) is 31.1. The Kier molecular flexibility index (Phi) is 15.6. The lowest BCUT2D eigenvalue weighted by Gasteiger charge is -2.62. The summed E-state index contributed by atoms with van der Waals surface area (Å²) in [6.45, 7) is 7.24. The standard InChI is InChI=1S/C46H74O20/c1-20(2)6-8-25(50)21(3)22-11-15-45(42(58)59)24-7-9-29-43(4,23(24)10-14-44(22,45)5)13-12-30(46(29,60)19-49)65-41-38(35(55)32(52)27(17-48)63-41)66-39-36(56)33(53)28(18-61-39)64-40-37(57)34(54)31(51)26(16-47)62-40/h6,21-22,25-41,47-57,60H,7-19H2,1-5H3,(H,58,59)/t21-,22+,25-,26+,27+,28-,29+,30-,31-,32-,33-,34-,35-,36+,37+,38+,39+,40-,41-,43+,44+,45-,46+/m0/s1. The second kappa shape index (κ2) is 19.8. The lowest BCUT2D eigenvalue weighted by atomic mass is 9.44. The summed E-state index contributed by atoms with van der Waals surface area (Å²) in [6, 6.07) is 0. The number of ether oxygens (including phenoxy) is 6. The number of hydrogen-bond acceptors (Lipinski definition) is 19. The molecule has 0 spiro atoms. The van der Waals surface area contributed by atoms with E-state index in [1.165, 1.54) is 0 Å². The van der Waals surface area contributed by atoms with Crippen LogP contribution in [0.4, 0.5) is 0 Å². The van der Waals surface area contributed by atoms with Gasteiger partial charge in [-0.05, 0) is 94.3 Å². The predicted molar refractivity (Wildman–Crippen MR) is 226 cm³/mol. The average molecular weight is 947 g/mol. The second-order valence-corrected chi connectivity index (χ2v) is 20.9. The van der Waals surface area contributed by atoms with Gasteiger partial charge in [-0.1, -0.05) is 43.6 Å². The van der Waals surface area contributed by atoms with Crippen LogP contribution in [0.15, 0.2) is 22.8 Å². The fourth-order valence-electron chi connectivity index (χ4n) is 13.4. The molecule has 2 saturated carbocycles. The van der Waals surface area contributed by atoms with E-state index in [0.29, 0.717) is 51.4 Å². The van der Waals surface area contributed by atoms with Crippen LogP contribution in [0.2, 0.25) is 0 Å². The highest BCUT2D eigenvalue weighted by Gasteiger charge is 2.70. The number of aliphatic hydroxyl groups excluding tert-OH is 11. The van der Waals surface area contributed by atoms with Gasteiger partial charge in [0.15, 0.2) is 18.9 Å². The largest absolute Gasteiger partial charge is 0.481 e. The summed E-state index contributed by atoms with van der Waals surface area (Å²) in [6.07, 6.45) is -19.5. The fraction of sp³-hybridized carbons (Fsp3) is 0.891. The topological polar surface area (TPSA) is 335 Å². The highest BCUT2D eigenvalue weighted by molar-refractivity contribution is 5.82. The second-order valence-electron chi connectivity index (χ2n) is 20.9. The molecule has 0 amide bonds. The monoisotopic (exact) mass is 946 g/mol. The number of carboxylic acids is 1. The summed E-state index contributed by atoms with van der Waals surface area (Å²) < 4.78 is 35.0. The normalized spacial score (nSPS) is 49.3. The van der Waals surface area contributed by atoms with Crippen LogP contribution in [0.3, 0.4) is 0 Å². The minimum atomic E-state index is -1.96. The molecule has 3 heterocycles. The number of fused-ring (bicyclic) bond motifs is 4. The lowest BCUT2D eigenvalue weighted by molar-refractivity contribution is -0.381. The third kappa shape index (κ3) is 8.55. The Morgan fingerprint density at radius 3 is 2.02 bits per heavy atom. The van der Waals surface area contributed by atoms with E-state index in [9.17, 15) is 71.2 Å². The Labute approximate surface area is 384 Å². The van der Waals surface area contributed by atoms with Gasteiger partial charge in [0, 0.05) is 5.92 Å². The number of allylic oxidation sites excluding steroid dienone is 2. The molecule has 0 aromatic rings. The molecule has 0 aromatic heterocycles. The summed E-state index contributed by atoms with van der Waals surface area (Å²) >= 11 is 0. The van der Waals surface area contributed by atoms with Crippen molar-refractivity contribution in [1.29, 1.82) is 0 Å². The highest BCUT2D eigenvalue weighted by atomic mass is 16.8.